The maximum absolute atomic E-state index is 8.97. The van der Waals surface area contributed by atoms with Crippen molar-refractivity contribution in [3.05, 3.63) is 29.3 Å². The average Bonchev–Trinajstić information content (AvgIpc) is 2.49. The number of rotatable bonds is 5. The molecule has 0 fully saturated rings. The van der Waals surface area contributed by atoms with Crippen LogP contribution in [0.25, 0.3) is 0 Å². The highest BCUT2D eigenvalue weighted by Gasteiger charge is 2.08. The van der Waals surface area contributed by atoms with Crippen LogP contribution in [0.4, 0.5) is 17.6 Å². The van der Waals surface area contributed by atoms with Crippen LogP contribution in [0, 0.1) is 18.3 Å². The van der Waals surface area contributed by atoms with E-state index < -0.39 is 0 Å². The third kappa shape index (κ3) is 3.57. The Balaban J connectivity index is 2.34. The Labute approximate surface area is 123 Å². The quantitative estimate of drug-likeness (QED) is 0.869. The molecule has 2 rings (SSSR count). The number of hydrogen-bond donors (Lipinski definition) is 2. The number of nitrogens with zero attached hydrogens (tertiary/aromatic N) is 4. The van der Waals surface area contributed by atoms with E-state index in [1.54, 1.807) is 12.1 Å². The molecule has 0 saturated heterocycles. The Morgan fingerprint density at radius 1 is 1.24 bits per heavy atom. The molecule has 0 aliphatic carbocycles. The first kappa shape index (κ1) is 14.5. The molecule has 0 bridgehead atoms. The normalized spacial score (nSPS) is 9.81. The molecule has 2 aromatic rings. The molecule has 0 amide bonds. The Hall–Kier alpha value is -2.88. The fraction of sp³-hybridized carbons (Fsp3) is 0.286. The molecule has 0 saturated carbocycles. The van der Waals surface area contributed by atoms with E-state index in [1.165, 1.54) is 7.11 Å². The van der Waals surface area contributed by atoms with Crippen molar-refractivity contribution in [2.75, 3.05) is 24.3 Å². The van der Waals surface area contributed by atoms with Crippen molar-refractivity contribution in [3.63, 3.8) is 0 Å². The van der Waals surface area contributed by atoms with Gasteiger partial charge in [0.2, 0.25) is 11.9 Å². The van der Waals surface area contributed by atoms with Crippen LogP contribution in [0.5, 0.6) is 6.01 Å². The summed E-state index contributed by atoms with van der Waals surface area (Å²) in [5.74, 6) is 0.789. The fourth-order valence-corrected chi connectivity index (χ4v) is 1.69. The minimum Gasteiger partial charge on any atom is -0.467 e. The number of ether oxygens (including phenoxy) is 1. The number of aromatic nitrogens is 3. The van der Waals surface area contributed by atoms with E-state index in [4.69, 9.17) is 10.00 Å². The maximum Gasteiger partial charge on any atom is 0.322 e. The number of anilines is 3. The van der Waals surface area contributed by atoms with Gasteiger partial charge in [-0.05, 0) is 31.5 Å². The summed E-state index contributed by atoms with van der Waals surface area (Å²) in [6.45, 7) is 4.58. The van der Waals surface area contributed by atoms with Crippen LogP contribution < -0.4 is 15.4 Å². The van der Waals surface area contributed by atoms with Crippen LogP contribution >= 0.6 is 0 Å². The van der Waals surface area contributed by atoms with E-state index in [1.807, 2.05) is 19.9 Å². The molecule has 2 N–H and O–H groups in total. The molecule has 0 spiro atoms. The van der Waals surface area contributed by atoms with Gasteiger partial charge in [0.25, 0.3) is 0 Å². The lowest BCUT2D eigenvalue weighted by molar-refractivity contribution is 0.379. The van der Waals surface area contributed by atoms with Crippen molar-refractivity contribution >= 4 is 17.6 Å². The minimum absolute atomic E-state index is 0.220. The van der Waals surface area contributed by atoms with E-state index >= 15 is 0 Å². The predicted octanol–water partition coefficient (Wildman–Crippen LogP) is 2.24. The molecule has 7 nitrogen and oxygen atoms in total. The van der Waals surface area contributed by atoms with Crippen molar-refractivity contribution in [1.29, 1.82) is 5.26 Å². The van der Waals surface area contributed by atoms with Crippen LogP contribution in [0.1, 0.15) is 18.1 Å². The molecule has 1 heterocycles. The molecule has 7 heteroatoms. The summed E-state index contributed by atoms with van der Waals surface area (Å²) in [6.07, 6.45) is 0. The molecular formula is C14H16N6O. The van der Waals surface area contributed by atoms with Gasteiger partial charge in [-0.25, -0.2) is 0 Å². The number of hydrogen-bond acceptors (Lipinski definition) is 7. The van der Waals surface area contributed by atoms with Crippen molar-refractivity contribution in [3.8, 4) is 12.1 Å². The standard InChI is InChI=1S/C14H16N6O/c1-4-16-12-18-13(20-14(19-12)21-3)17-11-7-10(8-15)6-5-9(11)2/h5-7H,4H2,1-3H3,(H2,16,17,18,19,20). The predicted molar refractivity (Wildman–Crippen MR) is 79.7 cm³/mol. The number of aryl methyl sites for hydroxylation is 1. The van der Waals surface area contributed by atoms with Gasteiger partial charge in [-0.1, -0.05) is 6.07 Å². The second kappa shape index (κ2) is 6.52. The highest BCUT2D eigenvalue weighted by molar-refractivity contribution is 5.61. The Morgan fingerprint density at radius 3 is 2.67 bits per heavy atom. The van der Waals surface area contributed by atoms with Crippen molar-refractivity contribution < 1.29 is 4.74 Å². The van der Waals surface area contributed by atoms with Crippen LogP contribution in [0.2, 0.25) is 0 Å². The molecule has 21 heavy (non-hydrogen) atoms. The Kier molecular flexibility index (Phi) is 4.51. The number of nitriles is 1. The van der Waals surface area contributed by atoms with Crippen LogP contribution in [-0.4, -0.2) is 28.6 Å². The summed E-state index contributed by atoms with van der Waals surface area (Å²) < 4.78 is 5.06. The number of nitrogens with one attached hydrogen (secondary N) is 2. The van der Waals surface area contributed by atoms with E-state index in [-0.39, 0.29) is 6.01 Å². The molecule has 0 aliphatic rings. The van der Waals surface area contributed by atoms with Gasteiger partial charge in [-0.2, -0.15) is 20.2 Å². The zero-order chi connectivity index (χ0) is 15.2. The van der Waals surface area contributed by atoms with Gasteiger partial charge in [0.05, 0.1) is 18.7 Å². The van der Waals surface area contributed by atoms with E-state index in [0.717, 1.165) is 11.3 Å². The van der Waals surface area contributed by atoms with Crippen LogP contribution in [0.3, 0.4) is 0 Å². The average molecular weight is 284 g/mol. The maximum atomic E-state index is 8.97. The molecule has 0 atom stereocenters. The number of methoxy groups -OCH3 is 1. The highest BCUT2D eigenvalue weighted by Crippen LogP contribution is 2.21. The van der Waals surface area contributed by atoms with Gasteiger partial charge in [-0.3, -0.25) is 0 Å². The van der Waals surface area contributed by atoms with E-state index in [2.05, 4.69) is 31.7 Å². The van der Waals surface area contributed by atoms with Gasteiger partial charge in [0.15, 0.2) is 0 Å². The highest BCUT2D eigenvalue weighted by atomic mass is 16.5. The lowest BCUT2D eigenvalue weighted by Crippen LogP contribution is -2.08. The summed E-state index contributed by atoms with van der Waals surface area (Å²) in [7, 11) is 1.50. The van der Waals surface area contributed by atoms with Gasteiger partial charge in [-0.15, -0.1) is 0 Å². The van der Waals surface area contributed by atoms with Crippen molar-refractivity contribution in [2.24, 2.45) is 0 Å². The number of benzene rings is 1. The van der Waals surface area contributed by atoms with Gasteiger partial charge in [0.1, 0.15) is 0 Å². The third-order valence-corrected chi connectivity index (χ3v) is 2.75. The first-order valence-corrected chi connectivity index (χ1v) is 6.48. The molecule has 1 aromatic heterocycles. The van der Waals surface area contributed by atoms with E-state index in [9.17, 15) is 0 Å². The zero-order valence-corrected chi connectivity index (χ0v) is 12.1. The molecule has 108 valence electrons. The second-order valence-electron chi connectivity index (χ2n) is 4.27. The smallest absolute Gasteiger partial charge is 0.322 e. The fourth-order valence-electron chi connectivity index (χ4n) is 1.69. The van der Waals surface area contributed by atoms with Crippen molar-refractivity contribution in [2.45, 2.75) is 13.8 Å². The monoisotopic (exact) mass is 284 g/mol. The third-order valence-electron chi connectivity index (χ3n) is 2.75. The molecular weight excluding hydrogens is 268 g/mol. The van der Waals surface area contributed by atoms with Gasteiger partial charge in [0, 0.05) is 12.2 Å². The van der Waals surface area contributed by atoms with Crippen molar-refractivity contribution in [1.82, 2.24) is 15.0 Å². The Bertz CT molecular complexity index is 680. The second-order valence-corrected chi connectivity index (χ2v) is 4.27. The zero-order valence-electron chi connectivity index (χ0n) is 12.1. The van der Waals surface area contributed by atoms with Crippen LogP contribution in [-0.2, 0) is 0 Å². The topological polar surface area (TPSA) is 95.8 Å². The molecule has 1 aromatic carbocycles. The lowest BCUT2D eigenvalue weighted by atomic mass is 10.1. The van der Waals surface area contributed by atoms with Gasteiger partial charge >= 0.3 is 6.01 Å². The van der Waals surface area contributed by atoms with Gasteiger partial charge < -0.3 is 15.4 Å². The molecule has 0 radical (unpaired) electrons. The lowest BCUT2D eigenvalue weighted by Gasteiger charge is -2.10. The summed E-state index contributed by atoms with van der Waals surface area (Å²) in [5, 5.41) is 15.1. The summed E-state index contributed by atoms with van der Waals surface area (Å²) in [6, 6.07) is 7.70. The Morgan fingerprint density at radius 2 is 2.00 bits per heavy atom. The van der Waals surface area contributed by atoms with Crippen LogP contribution in [0.15, 0.2) is 18.2 Å². The SMILES string of the molecule is CCNc1nc(Nc2cc(C#N)ccc2C)nc(OC)n1. The summed E-state index contributed by atoms with van der Waals surface area (Å²) in [4.78, 5) is 12.5. The first-order valence-electron chi connectivity index (χ1n) is 6.48. The summed E-state index contributed by atoms with van der Waals surface area (Å²) >= 11 is 0. The molecule has 0 unspecified atom stereocenters. The minimum atomic E-state index is 0.220. The molecule has 0 aliphatic heterocycles. The summed E-state index contributed by atoms with van der Waals surface area (Å²) in [5.41, 5.74) is 2.32. The first-order chi connectivity index (χ1) is 10.2. The van der Waals surface area contributed by atoms with E-state index in [0.29, 0.717) is 24.0 Å². The largest absolute Gasteiger partial charge is 0.467 e.